The van der Waals surface area contributed by atoms with E-state index in [1.165, 1.54) is 5.56 Å². The van der Waals surface area contributed by atoms with Crippen molar-refractivity contribution in [3.8, 4) is 5.75 Å². The summed E-state index contributed by atoms with van der Waals surface area (Å²) in [6, 6.07) is 7.97. The van der Waals surface area contributed by atoms with Crippen LogP contribution >= 0.6 is 11.8 Å². The minimum Gasteiger partial charge on any atom is -0.486 e. The predicted molar refractivity (Wildman–Crippen MR) is 68.3 cm³/mol. The molecule has 0 amide bonds. The van der Waals surface area contributed by atoms with Gasteiger partial charge in [-0.25, -0.2) is 0 Å². The molecule has 0 bridgehead atoms. The van der Waals surface area contributed by atoms with Crippen LogP contribution in [-0.4, -0.2) is 21.0 Å². The van der Waals surface area contributed by atoms with E-state index in [2.05, 4.69) is 10.2 Å². The lowest BCUT2D eigenvalue weighted by molar-refractivity contribution is 0.290. The highest BCUT2D eigenvalue weighted by Crippen LogP contribution is 2.16. The van der Waals surface area contributed by atoms with Gasteiger partial charge in [-0.05, 0) is 30.9 Å². The summed E-state index contributed by atoms with van der Waals surface area (Å²) in [6.07, 6.45) is 1.98. The zero-order valence-electron chi connectivity index (χ0n) is 10.2. The number of aromatic nitrogens is 3. The van der Waals surface area contributed by atoms with E-state index < -0.39 is 0 Å². The molecule has 0 saturated carbocycles. The fourth-order valence-corrected chi connectivity index (χ4v) is 2.00. The van der Waals surface area contributed by atoms with E-state index in [4.69, 9.17) is 4.74 Å². The van der Waals surface area contributed by atoms with Crippen molar-refractivity contribution < 1.29 is 4.74 Å². The van der Waals surface area contributed by atoms with Crippen LogP contribution < -0.4 is 4.74 Å². The van der Waals surface area contributed by atoms with Crippen molar-refractivity contribution >= 4 is 11.8 Å². The monoisotopic (exact) mass is 249 g/mol. The molecule has 0 saturated heterocycles. The number of ether oxygens (including phenoxy) is 1. The van der Waals surface area contributed by atoms with E-state index in [0.717, 1.165) is 16.7 Å². The Kier molecular flexibility index (Phi) is 3.68. The van der Waals surface area contributed by atoms with Crippen LogP contribution in [0.4, 0.5) is 0 Å². The largest absolute Gasteiger partial charge is 0.486 e. The summed E-state index contributed by atoms with van der Waals surface area (Å²) in [5.41, 5.74) is 1.19. The van der Waals surface area contributed by atoms with Gasteiger partial charge < -0.3 is 9.30 Å². The summed E-state index contributed by atoms with van der Waals surface area (Å²) >= 11 is 1.57. The molecule has 5 heteroatoms. The Balaban J connectivity index is 2.05. The Morgan fingerprint density at radius 3 is 2.82 bits per heavy atom. The molecule has 0 aliphatic carbocycles. The van der Waals surface area contributed by atoms with Crippen LogP contribution in [0, 0.1) is 6.92 Å². The minimum atomic E-state index is 0.438. The van der Waals surface area contributed by atoms with E-state index in [1.54, 1.807) is 11.8 Å². The SMILES string of the molecule is CSc1nnc(COc2cccc(C)c2)n1C. The summed E-state index contributed by atoms with van der Waals surface area (Å²) < 4.78 is 7.62. The fraction of sp³-hybridized carbons (Fsp3) is 0.333. The zero-order chi connectivity index (χ0) is 12.3. The number of rotatable bonds is 4. The van der Waals surface area contributed by atoms with Crippen molar-refractivity contribution in [3.63, 3.8) is 0 Å². The van der Waals surface area contributed by atoms with Gasteiger partial charge in [0.1, 0.15) is 12.4 Å². The van der Waals surface area contributed by atoms with Crippen molar-refractivity contribution in [3.05, 3.63) is 35.7 Å². The highest BCUT2D eigenvalue weighted by Gasteiger charge is 2.07. The third-order valence-corrected chi connectivity index (χ3v) is 3.19. The van der Waals surface area contributed by atoms with E-state index in [1.807, 2.05) is 49.1 Å². The first-order valence-corrected chi connectivity index (χ1v) is 6.55. The van der Waals surface area contributed by atoms with Gasteiger partial charge in [0.05, 0.1) is 0 Å². The maximum atomic E-state index is 5.68. The first-order chi connectivity index (χ1) is 8.20. The summed E-state index contributed by atoms with van der Waals surface area (Å²) in [7, 11) is 1.95. The summed E-state index contributed by atoms with van der Waals surface area (Å²) in [5.74, 6) is 1.69. The molecular weight excluding hydrogens is 234 g/mol. The van der Waals surface area contributed by atoms with Crippen molar-refractivity contribution in [2.24, 2.45) is 7.05 Å². The van der Waals surface area contributed by atoms with Crippen LogP contribution in [0.3, 0.4) is 0 Å². The summed E-state index contributed by atoms with van der Waals surface area (Å²) in [6.45, 7) is 2.48. The predicted octanol–water partition coefficient (Wildman–Crippen LogP) is 2.42. The molecule has 17 heavy (non-hydrogen) atoms. The lowest BCUT2D eigenvalue weighted by atomic mass is 10.2. The van der Waals surface area contributed by atoms with Gasteiger partial charge in [-0.15, -0.1) is 10.2 Å². The Labute approximate surface area is 105 Å². The molecule has 0 radical (unpaired) electrons. The maximum absolute atomic E-state index is 5.68. The first-order valence-electron chi connectivity index (χ1n) is 5.32. The van der Waals surface area contributed by atoms with E-state index >= 15 is 0 Å². The molecule has 0 spiro atoms. The van der Waals surface area contributed by atoms with E-state index in [9.17, 15) is 0 Å². The number of hydrogen-bond acceptors (Lipinski definition) is 4. The molecule has 0 N–H and O–H groups in total. The lowest BCUT2D eigenvalue weighted by Gasteiger charge is -2.06. The minimum absolute atomic E-state index is 0.438. The Morgan fingerprint density at radius 1 is 1.35 bits per heavy atom. The molecule has 2 rings (SSSR count). The van der Waals surface area contributed by atoms with Crippen LogP contribution in [0.15, 0.2) is 29.4 Å². The van der Waals surface area contributed by atoms with Gasteiger partial charge in [0.2, 0.25) is 0 Å². The normalized spacial score (nSPS) is 10.5. The quantitative estimate of drug-likeness (QED) is 0.780. The molecule has 0 fully saturated rings. The molecule has 0 aliphatic rings. The number of aryl methyl sites for hydroxylation is 1. The third kappa shape index (κ3) is 2.79. The summed E-state index contributed by atoms with van der Waals surface area (Å²) in [4.78, 5) is 0. The number of benzene rings is 1. The van der Waals surface area contributed by atoms with Crippen LogP contribution in [0.25, 0.3) is 0 Å². The second-order valence-electron chi connectivity index (χ2n) is 3.77. The molecule has 4 nitrogen and oxygen atoms in total. The number of thioether (sulfide) groups is 1. The lowest BCUT2D eigenvalue weighted by Crippen LogP contribution is -2.04. The van der Waals surface area contributed by atoms with Crippen molar-refractivity contribution in [2.75, 3.05) is 6.26 Å². The molecule has 0 unspecified atom stereocenters. The second kappa shape index (κ2) is 5.23. The molecular formula is C12H15N3OS. The standard InChI is InChI=1S/C12H15N3OS/c1-9-5-4-6-10(7-9)16-8-11-13-14-12(17-3)15(11)2/h4-7H,8H2,1-3H3. The van der Waals surface area contributed by atoms with Crippen molar-refractivity contribution in [2.45, 2.75) is 18.7 Å². The molecule has 2 aromatic rings. The van der Waals surface area contributed by atoms with Crippen molar-refractivity contribution in [1.29, 1.82) is 0 Å². The van der Waals surface area contributed by atoms with E-state index in [-0.39, 0.29) is 0 Å². The molecule has 1 heterocycles. The highest BCUT2D eigenvalue weighted by molar-refractivity contribution is 7.98. The number of hydrogen-bond donors (Lipinski definition) is 0. The topological polar surface area (TPSA) is 39.9 Å². The number of nitrogens with zero attached hydrogens (tertiary/aromatic N) is 3. The van der Waals surface area contributed by atoms with Gasteiger partial charge in [-0.3, -0.25) is 0 Å². The molecule has 1 aromatic heterocycles. The maximum Gasteiger partial charge on any atom is 0.190 e. The van der Waals surface area contributed by atoms with Gasteiger partial charge in [-0.2, -0.15) is 0 Å². The highest BCUT2D eigenvalue weighted by atomic mass is 32.2. The summed E-state index contributed by atoms with van der Waals surface area (Å²) in [5, 5.41) is 9.05. The first kappa shape index (κ1) is 12.0. The smallest absolute Gasteiger partial charge is 0.190 e. The van der Waals surface area contributed by atoms with E-state index in [0.29, 0.717) is 6.61 Å². The fourth-order valence-electron chi connectivity index (χ4n) is 1.50. The average molecular weight is 249 g/mol. The van der Waals surface area contributed by atoms with Gasteiger partial charge in [-0.1, -0.05) is 23.9 Å². The Hall–Kier alpha value is -1.49. The van der Waals surface area contributed by atoms with Gasteiger partial charge in [0, 0.05) is 7.05 Å². The molecule has 0 atom stereocenters. The molecule has 1 aromatic carbocycles. The Bertz CT molecular complexity index is 510. The second-order valence-corrected chi connectivity index (χ2v) is 4.54. The van der Waals surface area contributed by atoms with Crippen molar-refractivity contribution in [1.82, 2.24) is 14.8 Å². The third-order valence-electron chi connectivity index (χ3n) is 2.47. The zero-order valence-corrected chi connectivity index (χ0v) is 11.0. The average Bonchev–Trinajstić information content (AvgIpc) is 2.67. The molecule has 90 valence electrons. The van der Waals surface area contributed by atoms with Gasteiger partial charge in [0.25, 0.3) is 0 Å². The van der Waals surface area contributed by atoms with Gasteiger partial charge in [0.15, 0.2) is 11.0 Å². The molecule has 0 aliphatic heterocycles. The van der Waals surface area contributed by atoms with Gasteiger partial charge >= 0.3 is 0 Å². The van der Waals surface area contributed by atoms with Crippen LogP contribution in [0.5, 0.6) is 5.75 Å². The van der Waals surface area contributed by atoms with Crippen LogP contribution in [0.1, 0.15) is 11.4 Å². The van der Waals surface area contributed by atoms with Crippen LogP contribution in [0.2, 0.25) is 0 Å². The van der Waals surface area contributed by atoms with Crippen LogP contribution in [-0.2, 0) is 13.7 Å². The Morgan fingerprint density at radius 2 is 2.18 bits per heavy atom.